The minimum absolute atomic E-state index is 0.00519. The number of piperidine rings is 1. The fraction of sp³-hybridized carbons (Fsp3) is 0.375. The Labute approximate surface area is 128 Å². The van der Waals surface area contributed by atoms with Gasteiger partial charge in [-0.3, -0.25) is 9.48 Å². The zero-order valence-electron chi connectivity index (χ0n) is 12.5. The topological polar surface area (TPSA) is 50.2 Å². The van der Waals surface area contributed by atoms with Crippen LogP contribution in [0.25, 0.3) is 0 Å². The first-order valence-electron chi connectivity index (χ1n) is 7.43. The monoisotopic (exact) mass is 302 g/mol. The molecular formula is C16H19FN4O. The number of hydrogen-bond acceptors (Lipinski definition) is 3. The Bertz CT molecular complexity index is 652. The zero-order chi connectivity index (χ0) is 15.5. The van der Waals surface area contributed by atoms with Gasteiger partial charge in [0.2, 0.25) is 0 Å². The molecule has 6 heteroatoms. The van der Waals surface area contributed by atoms with Gasteiger partial charge in [-0.2, -0.15) is 5.10 Å². The van der Waals surface area contributed by atoms with E-state index in [-0.39, 0.29) is 17.8 Å². The maximum absolute atomic E-state index is 12.9. The third-order valence-corrected chi connectivity index (χ3v) is 3.96. The Morgan fingerprint density at radius 1 is 1.32 bits per heavy atom. The van der Waals surface area contributed by atoms with Crippen molar-refractivity contribution in [1.29, 1.82) is 0 Å². The van der Waals surface area contributed by atoms with Crippen molar-refractivity contribution in [2.75, 3.05) is 18.4 Å². The van der Waals surface area contributed by atoms with Crippen LogP contribution in [0.2, 0.25) is 0 Å². The number of likely N-dealkylation sites (tertiary alicyclic amines) is 1. The second kappa shape index (κ2) is 6.17. The number of nitrogens with one attached hydrogen (secondary N) is 1. The third kappa shape index (κ3) is 3.10. The van der Waals surface area contributed by atoms with E-state index in [9.17, 15) is 9.18 Å². The highest BCUT2D eigenvalue weighted by atomic mass is 19.1. The van der Waals surface area contributed by atoms with Crippen LogP contribution in [-0.4, -0.2) is 39.7 Å². The van der Waals surface area contributed by atoms with E-state index in [2.05, 4.69) is 10.4 Å². The summed E-state index contributed by atoms with van der Waals surface area (Å²) in [5.41, 5.74) is 1.48. The summed E-state index contributed by atoms with van der Waals surface area (Å²) in [6, 6.07) is 8.22. The number of anilines is 1. The lowest BCUT2D eigenvalue weighted by molar-refractivity contribution is 0.0703. The number of hydrogen-bond donors (Lipinski definition) is 1. The minimum atomic E-state index is -0.248. The average Bonchev–Trinajstić information content (AvgIpc) is 2.95. The van der Waals surface area contributed by atoms with Gasteiger partial charge in [-0.25, -0.2) is 4.39 Å². The molecular weight excluding hydrogens is 283 g/mol. The summed E-state index contributed by atoms with van der Waals surface area (Å²) in [5.74, 6) is -0.243. The first-order chi connectivity index (χ1) is 10.6. The number of aromatic nitrogens is 2. The second-order valence-electron chi connectivity index (χ2n) is 5.58. The molecule has 22 heavy (non-hydrogen) atoms. The molecule has 2 heterocycles. The summed E-state index contributed by atoms with van der Waals surface area (Å²) in [6.07, 6.45) is 3.57. The number of nitrogens with zero attached hydrogens (tertiary/aromatic N) is 3. The molecule has 1 amide bonds. The molecule has 0 saturated carbocycles. The van der Waals surface area contributed by atoms with Crippen LogP contribution < -0.4 is 5.32 Å². The van der Waals surface area contributed by atoms with Gasteiger partial charge in [0.1, 0.15) is 11.5 Å². The van der Waals surface area contributed by atoms with Crippen molar-refractivity contribution in [3.8, 4) is 0 Å². The third-order valence-electron chi connectivity index (χ3n) is 3.96. The smallest absolute Gasteiger partial charge is 0.272 e. The Balaban J connectivity index is 1.65. The van der Waals surface area contributed by atoms with Crippen molar-refractivity contribution in [3.63, 3.8) is 0 Å². The normalized spacial score (nSPS) is 18.3. The van der Waals surface area contributed by atoms with Gasteiger partial charge in [0, 0.05) is 38.1 Å². The highest BCUT2D eigenvalue weighted by molar-refractivity contribution is 5.92. The van der Waals surface area contributed by atoms with Crippen LogP contribution in [-0.2, 0) is 7.05 Å². The van der Waals surface area contributed by atoms with E-state index in [4.69, 9.17) is 0 Å². The molecule has 1 atom stereocenters. The highest BCUT2D eigenvalue weighted by Gasteiger charge is 2.25. The Morgan fingerprint density at radius 3 is 2.77 bits per heavy atom. The van der Waals surface area contributed by atoms with E-state index in [1.165, 1.54) is 12.1 Å². The van der Waals surface area contributed by atoms with Crippen molar-refractivity contribution in [2.45, 2.75) is 18.9 Å². The van der Waals surface area contributed by atoms with E-state index in [0.29, 0.717) is 12.2 Å². The summed E-state index contributed by atoms with van der Waals surface area (Å²) >= 11 is 0. The lowest BCUT2D eigenvalue weighted by Gasteiger charge is -2.33. The minimum Gasteiger partial charge on any atom is -0.381 e. The molecule has 1 aliphatic heterocycles. The number of carbonyl (C=O) groups excluding carboxylic acids is 1. The molecule has 1 fully saturated rings. The Kier molecular flexibility index (Phi) is 4.09. The molecule has 5 nitrogen and oxygen atoms in total. The van der Waals surface area contributed by atoms with Crippen molar-refractivity contribution in [1.82, 2.24) is 14.7 Å². The van der Waals surface area contributed by atoms with E-state index in [1.54, 1.807) is 36.1 Å². The van der Waals surface area contributed by atoms with E-state index in [1.807, 2.05) is 4.90 Å². The summed E-state index contributed by atoms with van der Waals surface area (Å²) < 4.78 is 14.5. The summed E-state index contributed by atoms with van der Waals surface area (Å²) in [5, 5.41) is 7.42. The number of rotatable bonds is 3. The molecule has 0 radical (unpaired) electrons. The highest BCUT2D eigenvalue weighted by Crippen LogP contribution is 2.18. The molecule has 0 bridgehead atoms. The standard InChI is InChI=1S/C16H19FN4O/c1-20-15(8-9-18-20)16(22)21-10-2-3-14(11-21)19-13-6-4-12(17)5-7-13/h4-9,14,19H,2-3,10-11H2,1H3/t14-/m0/s1. The molecule has 1 saturated heterocycles. The molecule has 1 N–H and O–H groups in total. The van der Waals surface area contributed by atoms with E-state index < -0.39 is 0 Å². The summed E-state index contributed by atoms with van der Waals surface area (Å²) in [4.78, 5) is 14.4. The molecule has 1 aromatic carbocycles. The van der Waals surface area contributed by atoms with Crippen molar-refractivity contribution < 1.29 is 9.18 Å². The molecule has 0 aliphatic carbocycles. The second-order valence-corrected chi connectivity index (χ2v) is 5.58. The van der Waals surface area contributed by atoms with Crippen LogP contribution in [0.3, 0.4) is 0 Å². The number of benzene rings is 1. The number of carbonyl (C=O) groups is 1. The predicted molar refractivity (Wildman–Crippen MR) is 82.2 cm³/mol. The number of aryl methyl sites for hydroxylation is 1. The maximum atomic E-state index is 12.9. The fourth-order valence-electron chi connectivity index (χ4n) is 2.81. The zero-order valence-corrected chi connectivity index (χ0v) is 12.5. The van der Waals surface area contributed by atoms with Crippen molar-refractivity contribution in [2.24, 2.45) is 7.05 Å². The van der Waals surface area contributed by atoms with Crippen LogP contribution in [0.1, 0.15) is 23.3 Å². The fourth-order valence-corrected chi connectivity index (χ4v) is 2.81. The van der Waals surface area contributed by atoms with Crippen LogP contribution in [0.5, 0.6) is 0 Å². The van der Waals surface area contributed by atoms with E-state index in [0.717, 1.165) is 25.1 Å². The first kappa shape index (κ1) is 14.6. The summed E-state index contributed by atoms with van der Waals surface area (Å²) in [6.45, 7) is 1.40. The van der Waals surface area contributed by atoms with Crippen molar-refractivity contribution in [3.05, 3.63) is 48.0 Å². The van der Waals surface area contributed by atoms with Crippen molar-refractivity contribution >= 4 is 11.6 Å². The molecule has 2 aromatic rings. The van der Waals surface area contributed by atoms with Crippen LogP contribution in [0.15, 0.2) is 36.5 Å². The lowest BCUT2D eigenvalue weighted by atomic mass is 10.0. The van der Waals surface area contributed by atoms with Gasteiger partial charge in [-0.05, 0) is 43.2 Å². The Hall–Kier alpha value is -2.37. The van der Waals surface area contributed by atoms with Gasteiger partial charge in [-0.1, -0.05) is 0 Å². The van der Waals surface area contributed by atoms with Gasteiger partial charge in [-0.15, -0.1) is 0 Å². The summed E-state index contributed by atoms with van der Waals surface area (Å²) in [7, 11) is 1.77. The number of amides is 1. The predicted octanol–water partition coefficient (Wildman–Crippen LogP) is 2.28. The van der Waals surface area contributed by atoms with E-state index >= 15 is 0 Å². The quantitative estimate of drug-likeness (QED) is 0.946. The lowest BCUT2D eigenvalue weighted by Crippen LogP contribution is -2.45. The molecule has 1 aliphatic rings. The average molecular weight is 302 g/mol. The van der Waals surface area contributed by atoms with Gasteiger partial charge in [0.15, 0.2) is 0 Å². The van der Waals surface area contributed by atoms with Crippen LogP contribution in [0, 0.1) is 5.82 Å². The molecule has 1 aromatic heterocycles. The van der Waals surface area contributed by atoms with Gasteiger partial charge in [0.05, 0.1) is 0 Å². The molecule has 0 unspecified atom stereocenters. The largest absolute Gasteiger partial charge is 0.381 e. The SMILES string of the molecule is Cn1nccc1C(=O)N1CCC[C@H](Nc2ccc(F)cc2)C1. The Morgan fingerprint density at radius 2 is 2.09 bits per heavy atom. The first-order valence-corrected chi connectivity index (χ1v) is 7.43. The number of halogens is 1. The van der Waals surface area contributed by atoms with Gasteiger partial charge >= 0.3 is 0 Å². The van der Waals surface area contributed by atoms with Crippen LogP contribution >= 0.6 is 0 Å². The van der Waals surface area contributed by atoms with Crippen LogP contribution in [0.4, 0.5) is 10.1 Å². The molecule has 116 valence electrons. The van der Waals surface area contributed by atoms with Gasteiger partial charge in [0.25, 0.3) is 5.91 Å². The molecule has 0 spiro atoms. The maximum Gasteiger partial charge on any atom is 0.272 e. The van der Waals surface area contributed by atoms with Gasteiger partial charge < -0.3 is 10.2 Å². The molecule has 3 rings (SSSR count).